The lowest BCUT2D eigenvalue weighted by molar-refractivity contribution is 0.0767. The van der Waals surface area contributed by atoms with E-state index >= 15 is 0 Å². The number of pyridine rings is 1. The summed E-state index contributed by atoms with van der Waals surface area (Å²) in [6.07, 6.45) is 0. The zero-order valence-electron chi connectivity index (χ0n) is 10.3. The number of para-hydroxylation sites is 1. The van der Waals surface area contributed by atoms with Gasteiger partial charge in [-0.2, -0.15) is 11.8 Å². The van der Waals surface area contributed by atoms with Gasteiger partial charge in [0.15, 0.2) is 0 Å². The van der Waals surface area contributed by atoms with E-state index in [1.54, 1.807) is 6.07 Å². The summed E-state index contributed by atoms with van der Waals surface area (Å²) in [5.74, 6) is 1.97. The molecule has 0 atom stereocenters. The zero-order chi connectivity index (χ0) is 13.2. The fraction of sp³-hybridized carbons (Fsp3) is 0.286. The molecule has 1 fully saturated rings. The van der Waals surface area contributed by atoms with Crippen LogP contribution in [0.15, 0.2) is 30.3 Å². The van der Waals surface area contributed by atoms with Crippen molar-refractivity contribution in [1.29, 1.82) is 0 Å². The van der Waals surface area contributed by atoms with E-state index in [-0.39, 0.29) is 5.91 Å². The van der Waals surface area contributed by atoms with Crippen LogP contribution in [0.1, 0.15) is 10.5 Å². The topological polar surface area (TPSA) is 33.2 Å². The highest BCUT2D eigenvalue weighted by atomic mass is 35.5. The highest BCUT2D eigenvalue weighted by Crippen LogP contribution is 2.23. The van der Waals surface area contributed by atoms with E-state index in [2.05, 4.69) is 4.98 Å². The van der Waals surface area contributed by atoms with Gasteiger partial charge in [0.05, 0.1) is 10.5 Å². The fourth-order valence-corrected chi connectivity index (χ4v) is 3.34. The molecule has 19 heavy (non-hydrogen) atoms. The van der Waals surface area contributed by atoms with Crippen molar-refractivity contribution in [2.75, 3.05) is 24.6 Å². The van der Waals surface area contributed by atoms with E-state index in [0.717, 1.165) is 35.5 Å². The average molecular weight is 293 g/mol. The molecule has 1 amide bonds. The Morgan fingerprint density at radius 3 is 2.79 bits per heavy atom. The number of thioether (sulfide) groups is 1. The minimum absolute atomic E-state index is 0.0204. The monoisotopic (exact) mass is 292 g/mol. The van der Waals surface area contributed by atoms with Crippen LogP contribution >= 0.6 is 23.4 Å². The second-order valence-electron chi connectivity index (χ2n) is 4.41. The van der Waals surface area contributed by atoms with Crippen LogP contribution in [0.3, 0.4) is 0 Å². The number of halogens is 1. The molecule has 3 nitrogen and oxygen atoms in total. The van der Waals surface area contributed by atoms with Gasteiger partial charge in [0.25, 0.3) is 5.91 Å². The number of aromatic nitrogens is 1. The Morgan fingerprint density at radius 1 is 1.26 bits per heavy atom. The Kier molecular flexibility index (Phi) is 3.62. The summed E-state index contributed by atoms with van der Waals surface area (Å²) in [4.78, 5) is 18.7. The van der Waals surface area contributed by atoms with Gasteiger partial charge in [-0.05, 0) is 12.1 Å². The maximum atomic E-state index is 12.4. The minimum atomic E-state index is -0.0204. The maximum Gasteiger partial charge on any atom is 0.272 e. The van der Waals surface area contributed by atoms with Gasteiger partial charge in [0, 0.05) is 30.0 Å². The molecule has 0 unspecified atom stereocenters. The second kappa shape index (κ2) is 5.39. The first-order valence-electron chi connectivity index (χ1n) is 6.18. The molecule has 0 radical (unpaired) electrons. The largest absolute Gasteiger partial charge is 0.336 e. The number of carbonyl (C=O) groups excluding carboxylic acids is 1. The van der Waals surface area contributed by atoms with Crippen LogP contribution in [-0.2, 0) is 0 Å². The first-order chi connectivity index (χ1) is 9.25. The lowest BCUT2D eigenvalue weighted by Crippen LogP contribution is -2.38. The second-order valence-corrected chi connectivity index (χ2v) is 6.04. The molecule has 1 aromatic heterocycles. The summed E-state index contributed by atoms with van der Waals surface area (Å²) < 4.78 is 0. The highest BCUT2D eigenvalue weighted by Gasteiger charge is 2.20. The van der Waals surface area contributed by atoms with Gasteiger partial charge in [0.2, 0.25) is 0 Å². The van der Waals surface area contributed by atoms with Gasteiger partial charge < -0.3 is 4.90 Å². The number of benzene rings is 1. The molecule has 3 rings (SSSR count). The number of fused-ring (bicyclic) bond motifs is 1. The fourth-order valence-electron chi connectivity index (χ4n) is 2.17. The molecule has 98 valence electrons. The number of hydrogen-bond donors (Lipinski definition) is 0. The molecule has 0 saturated carbocycles. The van der Waals surface area contributed by atoms with Crippen molar-refractivity contribution < 1.29 is 4.79 Å². The Hall–Kier alpha value is -1.26. The van der Waals surface area contributed by atoms with Crippen LogP contribution in [0, 0.1) is 0 Å². The van der Waals surface area contributed by atoms with E-state index < -0.39 is 0 Å². The van der Waals surface area contributed by atoms with Crippen molar-refractivity contribution in [2.45, 2.75) is 0 Å². The van der Waals surface area contributed by atoms with Gasteiger partial charge in [-0.15, -0.1) is 0 Å². The molecule has 5 heteroatoms. The summed E-state index contributed by atoms with van der Waals surface area (Å²) in [6, 6.07) is 9.28. The molecule has 1 aliphatic heterocycles. The van der Waals surface area contributed by atoms with Crippen molar-refractivity contribution in [2.24, 2.45) is 0 Å². The van der Waals surface area contributed by atoms with Crippen LogP contribution < -0.4 is 0 Å². The number of nitrogens with zero attached hydrogens (tertiary/aromatic N) is 2. The molecule has 1 saturated heterocycles. The Bertz CT molecular complexity index is 626. The van der Waals surface area contributed by atoms with Crippen molar-refractivity contribution in [3.05, 3.63) is 41.0 Å². The van der Waals surface area contributed by atoms with Crippen LogP contribution in [-0.4, -0.2) is 40.4 Å². The van der Waals surface area contributed by atoms with Gasteiger partial charge in [-0.3, -0.25) is 4.79 Å². The third-order valence-corrected chi connectivity index (χ3v) is 4.44. The van der Waals surface area contributed by atoms with E-state index in [1.165, 1.54) is 0 Å². The molecule has 2 heterocycles. The summed E-state index contributed by atoms with van der Waals surface area (Å²) >= 11 is 8.11. The van der Waals surface area contributed by atoms with Crippen LogP contribution in [0.2, 0.25) is 5.02 Å². The quantitative estimate of drug-likeness (QED) is 0.810. The lowest BCUT2D eigenvalue weighted by Gasteiger charge is -2.26. The molecule has 0 bridgehead atoms. The van der Waals surface area contributed by atoms with Crippen molar-refractivity contribution >= 4 is 40.2 Å². The van der Waals surface area contributed by atoms with Crippen molar-refractivity contribution in [3.8, 4) is 0 Å². The van der Waals surface area contributed by atoms with Crippen LogP contribution in [0.25, 0.3) is 10.9 Å². The third kappa shape index (κ3) is 2.55. The molecule has 1 aliphatic rings. The van der Waals surface area contributed by atoms with E-state index in [9.17, 15) is 4.79 Å². The number of carbonyl (C=O) groups is 1. The van der Waals surface area contributed by atoms with E-state index in [1.807, 2.05) is 40.9 Å². The molecule has 0 aliphatic carbocycles. The molecule has 0 N–H and O–H groups in total. The number of hydrogen-bond acceptors (Lipinski definition) is 3. The average Bonchev–Trinajstić information content (AvgIpc) is 2.47. The Morgan fingerprint density at radius 2 is 2.00 bits per heavy atom. The first-order valence-corrected chi connectivity index (χ1v) is 7.71. The first kappa shape index (κ1) is 12.8. The van der Waals surface area contributed by atoms with Crippen molar-refractivity contribution in [3.63, 3.8) is 0 Å². The van der Waals surface area contributed by atoms with Crippen LogP contribution in [0.4, 0.5) is 0 Å². The van der Waals surface area contributed by atoms with Gasteiger partial charge in [-0.1, -0.05) is 29.8 Å². The lowest BCUT2D eigenvalue weighted by atomic mass is 10.2. The summed E-state index contributed by atoms with van der Waals surface area (Å²) in [6.45, 7) is 1.57. The molecular formula is C14H13ClN2OS. The summed E-state index contributed by atoms with van der Waals surface area (Å²) in [5, 5.41) is 1.47. The smallest absolute Gasteiger partial charge is 0.272 e. The maximum absolute atomic E-state index is 12.4. The highest BCUT2D eigenvalue weighted by molar-refractivity contribution is 7.99. The van der Waals surface area contributed by atoms with Gasteiger partial charge in [-0.25, -0.2) is 4.98 Å². The van der Waals surface area contributed by atoms with E-state index in [0.29, 0.717) is 10.7 Å². The van der Waals surface area contributed by atoms with Gasteiger partial charge >= 0.3 is 0 Å². The van der Waals surface area contributed by atoms with E-state index in [4.69, 9.17) is 11.6 Å². The number of amides is 1. The Labute approximate surface area is 120 Å². The number of rotatable bonds is 1. The molecule has 1 aromatic carbocycles. The Balaban J connectivity index is 1.98. The normalized spacial score (nSPS) is 15.7. The molecule has 0 spiro atoms. The standard InChI is InChI=1S/C14H13ClN2OS/c15-11-9-13(14(18)17-5-7-19-8-6-17)16-12-4-2-1-3-10(11)12/h1-4,9H,5-8H2. The SMILES string of the molecule is O=C(c1cc(Cl)c2ccccc2n1)N1CCSCC1. The summed E-state index contributed by atoms with van der Waals surface area (Å²) in [5.41, 5.74) is 1.21. The third-order valence-electron chi connectivity index (χ3n) is 3.18. The van der Waals surface area contributed by atoms with Gasteiger partial charge in [0.1, 0.15) is 5.69 Å². The van der Waals surface area contributed by atoms with Crippen molar-refractivity contribution in [1.82, 2.24) is 9.88 Å². The zero-order valence-corrected chi connectivity index (χ0v) is 11.9. The predicted molar refractivity (Wildman–Crippen MR) is 80.0 cm³/mol. The minimum Gasteiger partial charge on any atom is -0.336 e. The molecule has 2 aromatic rings. The predicted octanol–water partition coefficient (Wildman–Crippen LogP) is 3.08. The summed E-state index contributed by atoms with van der Waals surface area (Å²) in [7, 11) is 0. The van der Waals surface area contributed by atoms with Crippen LogP contribution in [0.5, 0.6) is 0 Å². The molecular weight excluding hydrogens is 280 g/mol.